The number of rotatable bonds is 7. The average molecular weight is 408 g/mol. The van der Waals surface area contributed by atoms with Crippen LogP contribution in [-0.4, -0.2) is 44.3 Å². The maximum atomic E-state index is 13.0. The van der Waals surface area contributed by atoms with Crippen LogP contribution in [0.25, 0.3) is 0 Å². The number of carbonyl (C=O) groups excluding carboxylic acids is 2. The first-order valence-electron chi connectivity index (χ1n) is 8.38. The van der Waals surface area contributed by atoms with Gasteiger partial charge in [0.1, 0.15) is 12.4 Å². The first-order valence-corrected chi connectivity index (χ1v) is 9.82. The van der Waals surface area contributed by atoms with E-state index in [4.69, 9.17) is 4.74 Å². The molecule has 0 aliphatic rings. The Morgan fingerprint density at radius 2 is 1.82 bits per heavy atom. The summed E-state index contributed by atoms with van der Waals surface area (Å²) in [5, 5.41) is 2.62. The Labute approximate surface area is 163 Å². The van der Waals surface area contributed by atoms with Gasteiger partial charge >= 0.3 is 5.97 Å². The van der Waals surface area contributed by atoms with Gasteiger partial charge in [-0.15, -0.1) is 0 Å². The van der Waals surface area contributed by atoms with Crippen molar-refractivity contribution >= 4 is 27.6 Å². The fraction of sp³-hybridized carbons (Fsp3) is 0.263. The van der Waals surface area contributed by atoms with Crippen molar-refractivity contribution in [1.82, 2.24) is 4.31 Å². The Morgan fingerprint density at radius 3 is 2.43 bits per heavy atom. The van der Waals surface area contributed by atoms with E-state index >= 15 is 0 Å². The number of halogens is 1. The maximum absolute atomic E-state index is 13.0. The van der Waals surface area contributed by atoms with Crippen molar-refractivity contribution in [3.63, 3.8) is 0 Å². The number of esters is 1. The predicted molar refractivity (Wildman–Crippen MR) is 102 cm³/mol. The molecule has 0 aromatic heterocycles. The highest BCUT2D eigenvalue weighted by Crippen LogP contribution is 2.15. The van der Waals surface area contributed by atoms with Crippen LogP contribution >= 0.6 is 0 Å². The topological polar surface area (TPSA) is 92.8 Å². The fourth-order valence-electron chi connectivity index (χ4n) is 2.31. The van der Waals surface area contributed by atoms with Crippen LogP contribution in [0.4, 0.5) is 10.1 Å². The molecule has 1 N–H and O–H groups in total. The Morgan fingerprint density at radius 1 is 1.18 bits per heavy atom. The molecule has 9 heteroatoms. The molecule has 7 nitrogen and oxygen atoms in total. The van der Waals surface area contributed by atoms with Crippen LogP contribution in [0.15, 0.2) is 53.4 Å². The summed E-state index contributed by atoms with van der Waals surface area (Å²) in [4.78, 5) is 24.0. The van der Waals surface area contributed by atoms with Crippen molar-refractivity contribution in [2.24, 2.45) is 0 Å². The van der Waals surface area contributed by atoms with E-state index in [1.807, 2.05) is 13.0 Å². The molecule has 0 saturated carbocycles. The second kappa shape index (κ2) is 8.94. The molecule has 0 aliphatic heterocycles. The molecule has 0 aliphatic carbocycles. The average Bonchev–Trinajstić information content (AvgIpc) is 2.61. The van der Waals surface area contributed by atoms with Crippen molar-refractivity contribution < 1.29 is 27.1 Å². The lowest BCUT2D eigenvalue weighted by Gasteiger charge is -2.18. The Balaban J connectivity index is 1.94. The molecule has 1 amide bonds. The molecular formula is C19H21FN2O5S. The van der Waals surface area contributed by atoms with Crippen molar-refractivity contribution in [3.8, 4) is 0 Å². The van der Waals surface area contributed by atoms with Crippen molar-refractivity contribution in [1.29, 1.82) is 0 Å². The maximum Gasteiger partial charge on any atom is 0.322 e. The number of benzene rings is 2. The number of sulfonamides is 1. The zero-order valence-electron chi connectivity index (χ0n) is 15.7. The quantitative estimate of drug-likeness (QED) is 0.710. The lowest BCUT2D eigenvalue weighted by atomic mass is 10.2. The van der Waals surface area contributed by atoms with Gasteiger partial charge in [0.25, 0.3) is 5.91 Å². The van der Waals surface area contributed by atoms with E-state index < -0.39 is 40.4 Å². The highest BCUT2D eigenvalue weighted by Gasteiger charge is 2.25. The third kappa shape index (κ3) is 5.61. The molecule has 150 valence electrons. The van der Waals surface area contributed by atoms with Crippen LogP contribution in [0.1, 0.15) is 12.5 Å². The van der Waals surface area contributed by atoms with Crippen LogP contribution < -0.4 is 5.32 Å². The van der Waals surface area contributed by atoms with E-state index in [1.54, 1.807) is 18.2 Å². The minimum absolute atomic E-state index is 0.158. The van der Waals surface area contributed by atoms with Crippen molar-refractivity contribution in [3.05, 3.63) is 59.9 Å². The van der Waals surface area contributed by atoms with E-state index in [1.165, 1.54) is 14.0 Å². The number of carbonyl (C=O) groups is 2. The number of hydrogen-bond acceptors (Lipinski definition) is 5. The molecule has 0 radical (unpaired) electrons. The minimum Gasteiger partial charge on any atom is -0.452 e. The Kier molecular flexibility index (Phi) is 6.87. The van der Waals surface area contributed by atoms with Crippen LogP contribution in [-0.2, 0) is 24.3 Å². The molecule has 2 rings (SSSR count). The summed E-state index contributed by atoms with van der Waals surface area (Å²) < 4.78 is 43.5. The van der Waals surface area contributed by atoms with Crippen LogP contribution in [0.3, 0.4) is 0 Å². The number of anilines is 1. The highest BCUT2D eigenvalue weighted by atomic mass is 32.2. The number of likely N-dealkylation sites (N-methyl/N-ethyl adjacent to an activating group) is 1. The molecule has 2 aromatic rings. The molecule has 0 unspecified atom stereocenters. The van der Waals surface area contributed by atoms with Gasteiger partial charge in [0.15, 0.2) is 6.10 Å². The first-order chi connectivity index (χ1) is 13.1. The molecular weight excluding hydrogens is 387 g/mol. The lowest BCUT2D eigenvalue weighted by molar-refractivity contribution is -0.153. The largest absolute Gasteiger partial charge is 0.452 e. The SMILES string of the molecule is Cc1cccc(NC(=O)[C@H](C)OC(=O)CN(C)S(=O)(=O)c2ccc(F)cc2)c1. The zero-order valence-corrected chi connectivity index (χ0v) is 16.5. The Hall–Kier alpha value is -2.78. The van der Waals surface area contributed by atoms with Gasteiger partial charge in [0, 0.05) is 12.7 Å². The number of aryl methyl sites for hydroxylation is 1. The molecule has 0 spiro atoms. The molecule has 0 fully saturated rings. The van der Waals surface area contributed by atoms with Gasteiger partial charge in [-0.3, -0.25) is 9.59 Å². The molecule has 0 bridgehead atoms. The van der Waals surface area contributed by atoms with Gasteiger partial charge < -0.3 is 10.1 Å². The number of ether oxygens (including phenoxy) is 1. The first kappa shape index (κ1) is 21.5. The van der Waals surface area contributed by atoms with Gasteiger partial charge in [-0.2, -0.15) is 4.31 Å². The second-order valence-electron chi connectivity index (χ2n) is 6.21. The predicted octanol–water partition coefficient (Wildman–Crippen LogP) is 2.33. The van der Waals surface area contributed by atoms with E-state index in [2.05, 4.69) is 5.32 Å². The highest BCUT2D eigenvalue weighted by molar-refractivity contribution is 7.89. The summed E-state index contributed by atoms with van der Waals surface area (Å²) in [7, 11) is -2.80. The summed E-state index contributed by atoms with van der Waals surface area (Å²) in [5.74, 6) is -2.00. The van der Waals surface area contributed by atoms with Crippen molar-refractivity contribution in [2.45, 2.75) is 24.8 Å². The summed E-state index contributed by atoms with van der Waals surface area (Å²) in [5.41, 5.74) is 1.51. The number of nitrogens with zero attached hydrogens (tertiary/aromatic N) is 1. The molecule has 2 aromatic carbocycles. The summed E-state index contributed by atoms with van der Waals surface area (Å²) in [6, 6.07) is 11.3. The normalized spacial score (nSPS) is 12.5. The second-order valence-corrected chi connectivity index (χ2v) is 8.25. The van der Waals surface area contributed by atoms with Crippen molar-refractivity contribution in [2.75, 3.05) is 18.9 Å². The fourth-order valence-corrected chi connectivity index (χ4v) is 3.42. The van der Waals surface area contributed by atoms with E-state index in [0.717, 1.165) is 34.1 Å². The standard InChI is InChI=1S/C19H21FN2O5S/c1-13-5-4-6-16(11-13)21-19(24)14(2)27-18(23)12-22(3)28(25,26)17-9-7-15(20)8-10-17/h4-11,14H,12H2,1-3H3,(H,21,24)/t14-/m0/s1. The lowest BCUT2D eigenvalue weighted by Crippen LogP contribution is -2.37. The van der Waals surface area contributed by atoms with Crippen LogP contribution in [0.2, 0.25) is 0 Å². The van der Waals surface area contributed by atoms with Gasteiger partial charge in [-0.1, -0.05) is 12.1 Å². The third-order valence-corrected chi connectivity index (χ3v) is 5.65. The minimum atomic E-state index is -3.99. The monoisotopic (exact) mass is 408 g/mol. The van der Waals surface area contributed by atoms with Crippen LogP contribution in [0.5, 0.6) is 0 Å². The number of amides is 1. The molecule has 0 heterocycles. The van der Waals surface area contributed by atoms with Gasteiger partial charge in [-0.25, -0.2) is 12.8 Å². The zero-order chi connectivity index (χ0) is 20.9. The number of hydrogen-bond donors (Lipinski definition) is 1. The molecule has 0 saturated heterocycles. The van der Waals surface area contributed by atoms with Crippen LogP contribution in [0, 0.1) is 12.7 Å². The smallest absolute Gasteiger partial charge is 0.322 e. The summed E-state index contributed by atoms with van der Waals surface area (Å²) >= 11 is 0. The molecule has 28 heavy (non-hydrogen) atoms. The Bertz CT molecular complexity index is 961. The third-order valence-electron chi connectivity index (χ3n) is 3.84. The van der Waals surface area contributed by atoms with Gasteiger partial charge in [-0.05, 0) is 55.8 Å². The summed E-state index contributed by atoms with van der Waals surface area (Å²) in [6.07, 6.45) is -1.12. The van der Waals surface area contributed by atoms with E-state index in [0.29, 0.717) is 5.69 Å². The van der Waals surface area contributed by atoms with Gasteiger partial charge in [0.05, 0.1) is 4.90 Å². The van der Waals surface area contributed by atoms with E-state index in [9.17, 15) is 22.4 Å². The summed E-state index contributed by atoms with van der Waals surface area (Å²) in [6.45, 7) is 2.66. The van der Waals surface area contributed by atoms with E-state index in [-0.39, 0.29) is 4.90 Å². The number of nitrogens with one attached hydrogen (secondary N) is 1. The molecule has 1 atom stereocenters. The van der Waals surface area contributed by atoms with Gasteiger partial charge in [0.2, 0.25) is 10.0 Å².